The Morgan fingerprint density at radius 1 is 1.53 bits per heavy atom. The summed E-state index contributed by atoms with van der Waals surface area (Å²) in [7, 11) is 0. The molecule has 4 nitrogen and oxygen atoms in total. The molecule has 0 bridgehead atoms. The Labute approximate surface area is 119 Å². The lowest BCUT2D eigenvalue weighted by Crippen LogP contribution is -2.02. The molecule has 2 aromatic rings. The molecule has 98 valence electrons. The summed E-state index contributed by atoms with van der Waals surface area (Å²) in [6.07, 6.45) is 5.69. The van der Waals surface area contributed by atoms with Gasteiger partial charge in [0.15, 0.2) is 0 Å². The van der Waals surface area contributed by atoms with Crippen molar-refractivity contribution in [1.82, 2.24) is 9.55 Å². The quantitative estimate of drug-likeness (QED) is 0.939. The molecule has 0 unspecified atom stereocenters. The fourth-order valence-electron chi connectivity index (χ4n) is 2.48. The second-order valence-electron chi connectivity index (χ2n) is 4.77. The summed E-state index contributed by atoms with van der Waals surface area (Å²) in [4.78, 5) is 15.5. The molecule has 0 aliphatic heterocycles. The minimum absolute atomic E-state index is 0.353. The second kappa shape index (κ2) is 4.49. The standard InChI is InChI=1S/C14H13BrN2O2/c1-8-11(14(18)19)12(15)13(17(8)10-4-5-10)9-3-2-6-16-7-9/h2-3,6-7,10H,4-5H2,1H3,(H,18,19). The minimum Gasteiger partial charge on any atom is -0.478 e. The highest BCUT2D eigenvalue weighted by atomic mass is 79.9. The first-order valence-corrected chi connectivity index (χ1v) is 6.94. The predicted octanol–water partition coefficient (Wildman–Crippen LogP) is 3.65. The van der Waals surface area contributed by atoms with Crippen molar-refractivity contribution >= 4 is 21.9 Å². The largest absolute Gasteiger partial charge is 0.478 e. The first-order chi connectivity index (χ1) is 9.11. The summed E-state index contributed by atoms with van der Waals surface area (Å²) >= 11 is 3.46. The molecule has 1 N–H and O–H groups in total. The summed E-state index contributed by atoms with van der Waals surface area (Å²) < 4.78 is 2.78. The van der Waals surface area contributed by atoms with Crippen LogP contribution in [-0.2, 0) is 0 Å². The van der Waals surface area contributed by atoms with E-state index in [2.05, 4.69) is 25.5 Å². The third-order valence-corrected chi connectivity index (χ3v) is 4.22. The van der Waals surface area contributed by atoms with Crippen LogP contribution in [0.25, 0.3) is 11.3 Å². The first kappa shape index (κ1) is 12.4. The zero-order valence-electron chi connectivity index (χ0n) is 10.4. The van der Waals surface area contributed by atoms with E-state index in [0.717, 1.165) is 29.8 Å². The minimum atomic E-state index is -0.895. The van der Waals surface area contributed by atoms with Gasteiger partial charge in [0.2, 0.25) is 0 Å². The third kappa shape index (κ3) is 1.98. The zero-order chi connectivity index (χ0) is 13.6. The highest BCUT2D eigenvalue weighted by Gasteiger charge is 2.32. The number of aromatic nitrogens is 2. The van der Waals surface area contributed by atoms with Crippen molar-refractivity contribution < 1.29 is 9.90 Å². The van der Waals surface area contributed by atoms with Crippen molar-refractivity contribution in [2.75, 3.05) is 0 Å². The van der Waals surface area contributed by atoms with E-state index in [1.165, 1.54) is 0 Å². The van der Waals surface area contributed by atoms with Crippen molar-refractivity contribution in [3.05, 3.63) is 40.3 Å². The van der Waals surface area contributed by atoms with E-state index in [4.69, 9.17) is 0 Å². The monoisotopic (exact) mass is 320 g/mol. The van der Waals surface area contributed by atoms with Crippen LogP contribution in [0, 0.1) is 6.92 Å². The predicted molar refractivity (Wildman–Crippen MR) is 75.3 cm³/mol. The lowest BCUT2D eigenvalue weighted by atomic mass is 10.2. The first-order valence-electron chi connectivity index (χ1n) is 6.15. The number of carboxylic acid groups (broad SMARTS) is 1. The number of hydrogen-bond acceptors (Lipinski definition) is 2. The van der Waals surface area contributed by atoms with E-state index in [-0.39, 0.29) is 0 Å². The molecule has 0 amide bonds. The van der Waals surface area contributed by atoms with E-state index < -0.39 is 5.97 Å². The molecule has 0 atom stereocenters. The molecule has 0 spiro atoms. The second-order valence-corrected chi connectivity index (χ2v) is 5.56. The van der Waals surface area contributed by atoms with Gasteiger partial charge in [0.1, 0.15) is 0 Å². The van der Waals surface area contributed by atoms with E-state index in [0.29, 0.717) is 16.1 Å². The molecular weight excluding hydrogens is 308 g/mol. The molecule has 3 rings (SSSR count). The van der Waals surface area contributed by atoms with Crippen LogP contribution in [0.4, 0.5) is 0 Å². The Balaban J connectivity index is 2.28. The smallest absolute Gasteiger partial charge is 0.338 e. The molecule has 0 radical (unpaired) electrons. The highest BCUT2D eigenvalue weighted by molar-refractivity contribution is 9.10. The molecular formula is C14H13BrN2O2. The number of halogens is 1. The molecule has 1 aliphatic rings. The van der Waals surface area contributed by atoms with E-state index in [1.807, 2.05) is 19.1 Å². The summed E-state index contributed by atoms with van der Waals surface area (Å²) in [5, 5.41) is 9.37. The van der Waals surface area contributed by atoms with E-state index in [1.54, 1.807) is 12.4 Å². The topological polar surface area (TPSA) is 55.1 Å². The summed E-state index contributed by atoms with van der Waals surface area (Å²) in [6.45, 7) is 1.87. The number of carbonyl (C=O) groups is 1. The maximum atomic E-state index is 11.4. The summed E-state index contributed by atoms with van der Waals surface area (Å²) in [5.41, 5.74) is 3.02. The Hall–Kier alpha value is -1.62. The van der Waals surface area contributed by atoms with Crippen LogP contribution in [0.5, 0.6) is 0 Å². The van der Waals surface area contributed by atoms with Crippen LogP contribution in [0.1, 0.15) is 34.9 Å². The Morgan fingerprint density at radius 3 is 2.79 bits per heavy atom. The molecule has 2 heterocycles. The Bertz CT molecular complexity index is 645. The fourth-order valence-corrected chi connectivity index (χ4v) is 3.35. The van der Waals surface area contributed by atoms with Crippen LogP contribution in [0.2, 0.25) is 0 Å². The van der Waals surface area contributed by atoms with Crippen LogP contribution < -0.4 is 0 Å². The number of pyridine rings is 1. The molecule has 1 aliphatic carbocycles. The summed E-state index contributed by atoms with van der Waals surface area (Å²) in [5.74, 6) is -0.895. The molecule has 0 saturated heterocycles. The molecule has 2 aromatic heterocycles. The van der Waals surface area contributed by atoms with Crippen LogP contribution in [0.15, 0.2) is 29.0 Å². The number of rotatable bonds is 3. The van der Waals surface area contributed by atoms with Crippen molar-refractivity contribution in [3.8, 4) is 11.3 Å². The van der Waals surface area contributed by atoms with Gasteiger partial charge in [-0.05, 0) is 47.8 Å². The maximum absolute atomic E-state index is 11.4. The van der Waals surface area contributed by atoms with Gasteiger partial charge in [0, 0.05) is 29.7 Å². The lowest BCUT2D eigenvalue weighted by molar-refractivity contribution is 0.0695. The van der Waals surface area contributed by atoms with Gasteiger partial charge in [0.25, 0.3) is 0 Å². The molecule has 19 heavy (non-hydrogen) atoms. The average molecular weight is 321 g/mol. The van der Waals surface area contributed by atoms with Crippen molar-refractivity contribution in [1.29, 1.82) is 0 Å². The van der Waals surface area contributed by atoms with Gasteiger partial charge in [-0.15, -0.1) is 0 Å². The van der Waals surface area contributed by atoms with E-state index >= 15 is 0 Å². The van der Waals surface area contributed by atoms with Crippen molar-refractivity contribution in [3.63, 3.8) is 0 Å². The van der Waals surface area contributed by atoms with Crippen LogP contribution in [0.3, 0.4) is 0 Å². The number of nitrogens with zero attached hydrogens (tertiary/aromatic N) is 2. The number of hydrogen-bond donors (Lipinski definition) is 1. The van der Waals surface area contributed by atoms with Gasteiger partial charge in [-0.25, -0.2) is 4.79 Å². The molecule has 1 fully saturated rings. The van der Waals surface area contributed by atoms with Crippen LogP contribution in [-0.4, -0.2) is 20.6 Å². The lowest BCUT2D eigenvalue weighted by Gasteiger charge is -2.10. The van der Waals surface area contributed by atoms with Gasteiger partial charge in [-0.2, -0.15) is 0 Å². The normalized spacial score (nSPS) is 14.6. The van der Waals surface area contributed by atoms with Gasteiger partial charge < -0.3 is 9.67 Å². The average Bonchev–Trinajstić information content (AvgIpc) is 3.16. The molecule has 1 saturated carbocycles. The van der Waals surface area contributed by atoms with Crippen LogP contribution >= 0.6 is 15.9 Å². The highest BCUT2D eigenvalue weighted by Crippen LogP contribution is 2.45. The number of aromatic carboxylic acids is 1. The zero-order valence-corrected chi connectivity index (χ0v) is 12.0. The van der Waals surface area contributed by atoms with Crippen molar-refractivity contribution in [2.24, 2.45) is 0 Å². The maximum Gasteiger partial charge on any atom is 0.338 e. The SMILES string of the molecule is Cc1c(C(=O)O)c(Br)c(-c2cccnc2)n1C1CC1. The van der Waals surface area contributed by atoms with E-state index in [9.17, 15) is 9.90 Å². The third-order valence-electron chi connectivity index (χ3n) is 3.45. The Kier molecular flexibility index (Phi) is 2.93. The number of carboxylic acids is 1. The van der Waals surface area contributed by atoms with Gasteiger partial charge in [-0.3, -0.25) is 4.98 Å². The van der Waals surface area contributed by atoms with Crippen molar-refractivity contribution in [2.45, 2.75) is 25.8 Å². The Morgan fingerprint density at radius 2 is 2.26 bits per heavy atom. The van der Waals surface area contributed by atoms with Gasteiger partial charge in [0.05, 0.1) is 15.7 Å². The summed E-state index contributed by atoms with van der Waals surface area (Å²) in [6, 6.07) is 4.23. The molecule has 0 aromatic carbocycles. The van der Waals surface area contributed by atoms with Gasteiger partial charge >= 0.3 is 5.97 Å². The fraction of sp³-hybridized carbons (Fsp3) is 0.286. The molecule has 5 heteroatoms. The van der Waals surface area contributed by atoms with Gasteiger partial charge in [-0.1, -0.05) is 0 Å².